The zero-order valence-corrected chi connectivity index (χ0v) is 17.6. The largest absolute Gasteiger partial charge is 0.497 e. The highest BCUT2D eigenvalue weighted by atomic mass is 16.5. The van der Waals surface area contributed by atoms with E-state index in [0.29, 0.717) is 19.6 Å². The number of amides is 2. The number of rotatable bonds is 6. The van der Waals surface area contributed by atoms with E-state index in [1.807, 2.05) is 55.7 Å². The van der Waals surface area contributed by atoms with Gasteiger partial charge in [-0.1, -0.05) is 18.2 Å². The molecule has 0 saturated heterocycles. The summed E-state index contributed by atoms with van der Waals surface area (Å²) in [4.78, 5) is 32.0. The van der Waals surface area contributed by atoms with Gasteiger partial charge in [-0.25, -0.2) is 0 Å². The Morgan fingerprint density at radius 1 is 1.19 bits per heavy atom. The molecule has 8 heteroatoms. The Labute approximate surface area is 180 Å². The first kappa shape index (κ1) is 20.6. The molecule has 0 radical (unpaired) electrons. The molecule has 8 nitrogen and oxygen atoms in total. The summed E-state index contributed by atoms with van der Waals surface area (Å²) < 4.78 is 6.87. The summed E-state index contributed by atoms with van der Waals surface area (Å²) in [7, 11) is 3.43. The highest BCUT2D eigenvalue weighted by Gasteiger charge is 2.35. The molecule has 1 atom stereocenters. The number of nitrogens with zero attached hydrogens (tertiary/aromatic N) is 4. The van der Waals surface area contributed by atoms with Crippen molar-refractivity contribution in [2.45, 2.75) is 25.4 Å². The van der Waals surface area contributed by atoms with E-state index in [1.165, 1.54) is 0 Å². The second-order valence-corrected chi connectivity index (χ2v) is 7.60. The summed E-state index contributed by atoms with van der Waals surface area (Å²) in [5, 5.41) is 7.43. The number of hydrogen-bond acceptors (Lipinski definition) is 5. The highest BCUT2D eigenvalue weighted by molar-refractivity contribution is 5.86. The Hall–Kier alpha value is -3.68. The van der Waals surface area contributed by atoms with Gasteiger partial charge in [0.2, 0.25) is 11.8 Å². The van der Waals surface area contributed by atoms with E-state index in [-0.39, 0.29) is 18.2 Å². The molecular formula is C23H25N5O3. The molecule has 0 aliphatic carbocycles. The van der Waals surface area contributed by atoms with Crippen molar-refractivity contribution in [3.8, 4) is 5.75 Å². The average molecular weight is 419 g/mol. The number of methoxy groups -OCH3 is 1. The minimum absolute atomic E-state index is 0.0257. The zero-order valence-electron chi connectivity index (χ0n) is 17.6. The Bertz CT molecular complexity index is 1060. The van der Waals surface area contributed by atoms with Crippen molar-refractivity contribution in [2.24, 2.45) is 7.05 Å². The Morgan fingerprint density at radius 3 is 2.71 bits per heavy atom. The summed E-state index contributed by atoms with van der Waals surface area (Å²) >= 11 is 0. The van der Waals surface area contributed by atoms with E-state index in [4.69, 9.17) is 4.74 Å². The quantitative estimate of drug-likeness (QED) is 0.658. The van der Waals surface area contributed by atoms with Crippen LogP contribution in [-0.4, -0.2) is 45.1 Å². The van der Waals surface area contributed by atoms with Gasteiger partial charge in [0.25, 0.3) is 0 Å². The first-order chi connectivity index (χ1) is 15.0. The van der Waals surface area contributed by atoms with Crippen LogP contribution in [0.2, 0.25) is 0 Å². The second-order valence-electron chi connectivity index (χ2n) is 7.60. The van der Waals surface area contributed by atoms with Crippen LogP contribution in [0.1, 0.15) is 28.4 Å². The lowest BCUT2D eigenvalue weighted by Gasteiger charge is -2.31. The molecule has 0 bridgehead atoms. The normalized spacial score (nSPS) is 15.3. The van der Waals surface area contributed by atoms with Gasteiger partial charge in [-0.3, -0.25) is 19.3 Å². The summed E-state index contributed by atoms with van der Waals surface area (Å²) in [5.74, 6) is 0.0436. The van der Waals surface area contributed by atoms with Gasteiger partial charge in [-0.05, 0) is 29.8 Å². The highest BCUT2D eigenvalue weighted by Crippen LogP contribution is 2.28. The summed E-state index contributed by atoms with van der Waals surface area (Å²) in [6, 6.07) is 13.0. The third-order valence-corrected chi connectivity index (χ3v) is 5.38. The van der Waals surface area contributed by atoms with Crippen molar-refractivity contribution >= 4 is 11.8 Å². The van der Waals surface area contributed by atoms with Crippen molar-refractivity contribution in [2.75, 3.05) is 13.7 Å². The maximum absolute atomic E-state index is 13.0. The number of nitrogens with one attached hydrogen (secondary N) is 1. The van der Waals surface area contributed by atoms with E-state index in [0.717, 1.165) is 28.3 Å². The molecule has 4 rings (SSSR count). The number of aromatic nitrogens is 3. The van der Waals surface area contributed by atoms with Crippen LogP contribution in [0.15, 0.2) is 54.9 Å². The van der Waals surface area contributed by atoms with Crippen molar-refractivity contribution < 1.29 is 14.3 Å². The number of aryl methyl sites for hydroxylation is 1. The van der Waals surface area contributed by atoms with Crippen molar-refractivity contribution in [1.29, 1.82) is 0 Å². The molecule has 1 aliphatic rings. The van der Waals surface area contributed by atoms with E-state index in [2.05, 4.69) is 15.4 Å². The van der Waals surface area contributed by atoms with Crippen LogP contribution >= 0.6 is 0 Å². The topological polar surface area (TPSA) is 89.4 Å². The monoisotopic (exact) mass is 419 g/mol. The molecule has 31 heavy (non-hydrogen) atoms. The van der Waals surface area contributed by atoms with Crippen molar-refractivity contribution in [3.05, 3.63) is 77.4 Å². The SMILES string of the molecule is COc1ccc(CC(=O)N2Cc3cn(C)nc3[C@H](C(=O)NCc3ccccn3)C2)cc1. The van der Waals surface area contributed by atoms with Crippen molar-refractivity contribution in [1.82, 2.24) is 25.0 Å². The number of carbonyl (C=O) groups is 2. The number of ether oxygens (including phenoxy) is 1. The van der Waals surface area contributed by atoms with Gasteiger partial charge < -0.3 is 15.0 Å². The lowest BCUT2D eigenvalue weighted by atomic mass is 9.95. The predicted molar refractivity (Wildman–Crippen MR) is 114 cm³/mol. The van der Waals surface area contributed by atoms with E-state index < -0.39 is 5.92 Å². The van der Waals surface area contributed by atoms with E-state index in [9.17, 15) is 9.59 Å². The van der Waals surface area contributed by atoms with Crippen molar-refractivity contribution in [3.63, 3.8) is 0 Å². The number of fused-ring (bicyclic) bond motifs is 1. The molecule has 3 aromatic rings. The number of benzene rings is 1. The van der Waals surface area contributed by atoms with Crippen LogP contribution in [0.25, 0.3) is 0 Å². The minimum atomic E-state index is -0.520. The smallest absolute Gasteiger partial charge is 0.231 e. The lowest BCUT2D eigenvalue weighted by molar-refractivity contribution is -0.133. The molecule has 160 valence electrons. The van der Waals surface area contributed by atoms with Gasteiger partial charge in [-0.15, -0.1) is 0 Å². The van der Waals surface area contributed by atoms with Crippen LogP contribution in [-0.2, 0) is 36.1 Å². The Morgan fingerprint density at radius 2 is 2.00 bits per heavy atom. The minimum Gasteiger partial charge on any atom is -0.497 e. The third-order valence-electron chi connectivity index (χ3n) is 5.38. The summed E-state index contributed by atoms with van der Waals surface area (Å²) in [5.41, 5.74) is 3.31. The van der Waals surface area contributed by atoms with Gasteiger partial charge in [0.15, 0.2) is 0 Å². The van der Waals surface area contributed by atoms with Crippen LogP contribution in [0, 0.1) is 0 Å². The standard InChI is InChI=1S/C23H25N5O3/c1-27-13-17-14-28(21(29)11-16-6-8-19(31-2)9-7-16)15-20(22(17)26-27)23(30)25-12-18-5-3-4-10-24-18/h3-10,13,20H,11-12,14-15H2,1-2H3,(H,25,30)/t20-/m1/s1. The maximum atomic E-state index is 13.0. The average Bonchev–Trinajstić information content (AvgIpc) is 3.18. The lowest BCUT2D eigenvalue weighted by Crippen LogP contribution is -2.44. The summed E-state index contributed by atoms with van der Waals surface area (Å²) in [6.07, 6.45) is 3.83. The first-order valence-electron chi connectivity index (χ1n) is 10.1. The molecule has 2 amide bonds. The second kappa shape index (κ2) is 8.99. The molecule has 2 aromatic heterocycles. The molecule has 0 saturated carbocycles. The molecule has 1 aliphatic heterocycles. The van der Waals surface area contributed by atoms with Crippen LogP contribution in [0.3, 0.4) is 0 Å². The van der Waals surface area contributed by atoms with Gasteiger partial charge >= 0.3 is 0 Å². The molecule has 0 unspecified atom stereocenters. The van der Waals surface area contributed by atoms with Gasteiger partial charge in [0.1, 0.15) is 5.75 Å². The maximum Gasteiger partial charge on any atom is 0.231 e. The van der Waals surface area contributed by atoms with E-state index >= 15 is 0 Å². The fraction of sp³-hybridized carbons (Fsp3) is 0.304. The molecule has 3 heterocycles. The fourth-order valence-corrected chi connectivity index (χ4v) is 3.78. The molecular weight excluding hydrogens is 394 g/mol. The fourth-order valence-electron chi connectivity index (χ4n) is 3.78. The Balaban J connectivity index is 1.47. The predicted octanol–water partition coefficient (Wildman–Crippen LogP) is 1.81. The molecule has 1 aromatic carbocycles. The summed E-state index contributed by atoms with van der Waals surface area (Å²) in [6.45, 7) is 1.08. The Kier molecular flexibility index (Phi) is 5.97. The van der Waals surface area contributed by atoms with Gasteiger partial charge in [0, 0.05) is 38.1 Å². The first-order valence-corrected chi connectivity index (χ1v) is 10.1. The van der Waals surface area contributed by atoms with Gasteiger partial charge in [-0.2, -0.15) is 5.10 Å². The zero-order chi connectivity index (χ0) is 21.8. The van der Waals surface area contributed by atoms with Gasteiger partial charge in [0.05, 0.1) is 37.4 Å². The van der Waals surface area contributed by atoms with E-state index in [1.54, 1.807) is 22.9 Å². The number of hydrogen-bond donors (Lipinski definition) is 1. The molecule has 1 N–H and O–H groups in total. The molecule has 0 fully saturated rings. The van der Waals surface area contributed by atoms with Crippen LogP contribution < -0.4 is 10.1 Å². The molecule has 0 spiro atoms. The number of carbonyl (C=O) groups excluding carboxylic acids is 2. The van der Waals surface area contributed by atoms with Crippen LogP contribution in [0.5, 0.6) is 5.75 Å². The number of pyridine rings is 1. The third kappa shape index (κ3) is 4.74. The van der Waals surface area contributed by atoms with Crippen LogP contribution in [0.4, 0.5) is 0 Å².